The first-order chi connectivity index (χ1) is 10.4. The average Bonchev–Trinajstić information content (AvgIpc) is 3.09. The highest BCUT2D eigenvalue weighted by Crippen LogP contribution is 2.31. The van der Waals surface area contributed by atoms with Crippen LogP contribution in [0, 0.1) is 0 Å². The number of hydrogen-bond acceptors (Lipinski definition) is 4. The molecule has 1 N–H and O–H groups in total. The summed E-state index contributed by atoms with van der Waals surface area (Å²) >= 11 is 1.77. The maximum absolute atomic E-state index is 4.96. The zero-order valence-corrected chi connectivity index (χ0v) is 12.6. The standard InChI is InChI=1S/C17H17N3S/c1-3-13-6-7-16(20-10-8-18-9-11-20)19-17(13)14(4-1)15-5-2-12-21-15/h1-7,12,18H,8-11H2. The molecule has 106 valence electrons. The van der Waals surface area contributed by atoms with E-state index in [1.807, 2.05) is 0 Å². The maximum atomic E-state index is 4.96. The Bertz CT molecular complexity index is 746. The van der Waals surface area contributed by atoms with Crippen LogP contribution in [0.3, 0.4) is 0 Å². The quantitative estimate of drug-likeness (QED) is 0.785. The first kappa shape index (κ1) is 12.8. The summed E-state index contributed by atoms with van der Waals surface area (Å²) < 4.78 is 0. The van der Waals surface area contributed by atoms with Crippen molar-refractivity contribution in [3.63, 3.8) is 0 Å². The van der Waals surface area contributed by atoms with Gasteiger partial charge in [0, 0.05) is 42.0 Å². The molecule has 2 aromatic heterocycles. The van der Waals surface area contributed by atoms with Gasteiger partial charge in [0.15, 0.2) is 0 Å². The van der Waals surface area contributed by atoms with Crippen molar-refractivity contribution in [1.29, 1.82) is 0 Å². The Hall–Kier alpha value is -1.91. The number of pyridine rings is 1. The molecule has 0 amide bonds. The molecule has 21 heavy (non-hydrogen) atoms. The van der Waals surface area contributed by atoms with E-state index >= 15 is 0 Å². The van der Waals surface area contributed by atoms with Crippen molar-refractivity contribution in [2.45, 2.75) is 0 Å². The predicted molar refractivity (Wildman–Crippen MR) is 90.1 cm³/mol. The van der Waals surface area contributed by atoms with E-state index in [2.05, 4.69) is 58.1 Å². The second-order valence-electron chi connectivity index (χ2n) is 5.26. The molecule has 3 heterocycles. The molecule has 1 aliphatic rings. The van der Waals surface area contributed by atoms with Gasteiger partial charge >= 0.3 is 0 Å². The third kappa shape index (κ3) is 2.41. The van der Waals surface area contributed by atoms with Crippen molar-refractivity contribution >= 4 is 28.1 Å². The number of para-hydroxylation sites is 1. The van der Waals surface area contributed by atoms with Gasteiger partial charge in [0.05, 0.1) is 5.52 Å². The van der Waals surface area contributed by atoms with Gasteiger partial charge in [0.2, 0.25) is 0 Å². The molecule has 4 heteroatoms. The second kappa shape index (κ2) is 5.47. The van der Waals surface area contributed by atoms with Gasteiger partial charge in [-0.15, -0.1) is 11.3 Å². The Labute approximate surface area is 128 Å². The molecule has 0 radical (unpaired) electrons. The van der Waals surface area contributed by atoms with Crippen molar-refractivity contribution < 1.29 is 0 Å². The topological polar surface area (TPSA) is 28.2 Å². The van der Waals surface area contributed by atoms with Gasteiger partial charge in [-0.25, -0.2) is 4.98 Å². The Morgan fingerprint density at radius 2 is 1.90 bits per heavy atom. The zero-order chi connectivity index (χ0) is 14.1. The number of rotatable bonds is 2. The number of benzene rings is 1. The van der Waals surface area contributed by atoms with Crippen LogP contribution in [0.25, 0.3) is 21.3 Å². The fourth-order valence-corrected chi connectivity index (χ4v) is 3.59. The van der Waals surface area contributed by atoms with Crippen molar-refractivity contribution in [3.8, 4) is 10.4 Å². The number of nitrogens with one attached hydrogen (secondary N) is 1. The summed E-state index contributed by atoms with van der Waals surface area (Å²) in [5.41, 5.74) is 2.34. The highest BCUT2D eigenvalue weighted by Gasteiger charge is 2.13. The van der Waals surface area contributed by atoms with E-state index in [1.54, 1.807) is 11.3 Å². The van der Waals surface area contributed by atoms with Crippen LogP contribution in [0.1, 0.15) is 0 Å². The van der Waals surface area contributed by atoms with Crippen LogP contribution in [-0.4, -0.2) is 31.2 Å². The Morgan fingerprint density at radius 1 is 1.00 bits per heavy atom. The molecular weight excluding hydrogens is 278 g/mol. The molecule has 0 unspecified atom stereocenters. The van der Waals surface area contributed by atoms with Crippen LogP contribution in [0.4, 0.5) is 5.82 Å². The van der Waals surface area contributed by atoms with Crippen molar-refractivity contribution in [2.24, 2.45) is 0 Å². The zero-order valence-electron chi connectivity index (χ0n) is 11.7. The maximum Gasteiger partial charge on any atom is 0.129 e. The molecule has 1 aromatic carbocycles. The lowest BCUT2D eigenvalue weighted by Crippen LogP contribution is -2.43. The molecule has 0 spiro atoms. The van der Waals surface area contributed by atoms with Crippen molar-refractivity contribution in [1.82, 2.24) is 10.3 Å². The number of thiophene rings is 1. The normalized spacial score (nSPS) is 15.5. The van der Waals surface area contributed by atoms with E-state index < -0.39 is 0 Å². The van der Waals surface area contributed by atoms with Crippen LogP contribution >= 0.6 is 11.3 Å². The number of nitrogens with zero attached hydrogens (tertiary/aromatic N) is 2. The summed E-state index contributed by atoms with van der Waals surface area (Å²) in [5, 5.41) is 6.72. The third-order valence-electron chi connectivity index (χ3n) is 3.93. The van der Waals surface area contributed by atoms with E-state index in [1.165, 1.54) is 15.8 Å². The van der Waals surface area contributed by atoms with Crippen LogP contribution in [0.5, 0.6) is 0 Å². The van der Waals surface area contributed by atoms with Gasteiger partial charge in [-0.2, -0.15) is 0 Å². The summed E-state index contributed by atoms with van der Waals surface area (Å²) in [5.74, 6) is 1.09. The van der Waals surface area contributed by atoms with Gasteiger partial charge < -0.3 is 10.2 Å². The predicted octanol–water partition coefficient (Wildman–Crippen LogP) is 3.37. The van der Waals surface area contributed by atoms with Crippen LogP contribution in [0.15, 0.2) is 47.8 Å². The Morgan fingerprint density at radius 3 is 2.71 bits per heavy atom. The fraction of sp³-hybridized carbons (Fsp3) is 0.235. The minimum atomic E-state index is 1.03. The lowest BCUT2D eigenvalue weighted by molar-refractivity contribution is 0.585. The smallest absolute Gasteiger partial charge is 0.129 e. The monoisotopic (exact) mass is 295 g/mol. The minimum Gasteiger partial charge on any atom is -0.354 e. The lowest BCUT2D eigenvalue weighted by Gasteiger charge is -2.28. The van der Waals surface area contributed by atoms with E-state index in [-0.39, 0.29) is 0 Å². The SMILES string of the molecule is c1csc(-c2cccc3ccc(N4CCNCC4)nc23)c1. The summed E-state index contributed by atoms with van der Waals surface area (Å²) in [7, 11) is 0. The number of piperazine rings is 1. The summed E-state index contributed by atoms with van der Waals surface area (Å²) in [6.07, 6.45) is 0. The first-order valence-electron chi connectivity index (χ1n) is 7.31. The van der Waals surface area contributed by atoms with Gasteiger partial charge in [-0.1, -0.05) is 24.3 Å². The van der Waals surface area contributed by atoms with Gasteiger partial charge in [0.25, 0.3) is 0 Å². The highest BCUT2D eigenvalue weighted by atomic mass is 32.1. The molecule has 3 aromatic rings. The van der Waals surface area contributed by atoms with E-state index in [4.69, 9.17) is 4.98 Å². The van der Waals surface area contributed by atoms with E-state index in [0.29, 0.717) is 0 Å². The Balaban J connectivity index is 1.83. The average molecular weight is 295 g/mol. The summed E-state index contributed by atoms with van der Waals surface area (Å²) in [4.78, 5) is 8.60. The lowest BCUT2D eigenvalue weighted by atomic mass is 10.1. The number of fused-ring (bicyclic) bond motifs is 1. The van der Waals surface area contributed by atoms with Gasteiger partial charge in [0.1, 0.15) is 5.82 Å². The number of aromatic nitrogens is 1. The molecule has 0 bridgehead atoms. The second-order valence-corrected chi connectivity index (χ2v) is 6.21. The van der Waals surface area contributed by atoms with Crippen LogP contribution < -0.4 is 10.2 Å². The van der Waals surface area contributed by atoms with Gasteiger partial charge in [-0.3, -0.25) is 0 Å². The summed E-state index contributed by atoms with van der Waals surface area (Å²) in [6, 6.07) is 15.0. The Kier molecular flexibility index (Phi) is 3.33. The molecule has 0 saturated carbocycles. The third-order valence-corrected chi connectivity index (χ3v) is 4.84. The molecule has 1 aliphatic heterocycles. The molecule has 1 fully saturated rings. The molecule has 3 nitrogen and oxygen atoms in total. The molecule has 0 aliphatic carbocycles. The molecular formula is C17H17N3S. The van der Waals surface area contributed by atoms with E-state index in [0.717, 1.165) is 37.5 Å². The van der Waals surface area contributed by atoms with Crippen molar-refractivity contribution in [3.05, 3.63) is 47.8 Å². The number of anilines is 1. The van der Waals surface area contributed by atoms with Crippen LogP contribution in [-0.2, 0) is 0 Å². The molecule has 4 rings (SSSR count). The summed E-state index contributed by atoms with van der Waals surface area (Å²) in [6.45, 7) is 4.12. The fourth-order valence-electron chi connectivity index (χ4n) is 2.84. The molecule has 0 atom stereocenters. The first-order valence-corrected chi connectivity index (χ1v) is 8.19. The van der Waals surface area contributed by atoms with Gasteiger partial charge in [-0.05, 0) is 23.6 Å². The number of hydrogen-bond donors (Lipinski definition) is 1. The highest BCUT2D eigenvalue weighted by molar-refractivity contribution is 7.13. The van der Waals surface area contributed by atoms with Crippen molar-refractivity contribution in [2.75, 3.05) is 31.1 Å². The van der Waals surface area contributed by atoms with Crippen LogP contribution in [0.2, 0.25) is 0 Å². The molecule has 1 saturated heterocycles. The minimum absolute atomic E-state index is 1.03. The van der Waals surface area contributed by atoms with E-state index in [9.17, 15) is 0 Å². The largest absolute Gasteiger partial charge is 0.354 e.